The molecule has 0 radical (unpaired) electrons. The van der Waals surface area contributed by atoms with Gasteiger partial charge in [0.15, 0.2) is 5.75 Å². The van der Waals surface area contributed by atoms with Crippen molar-refractivity contribution in [1.82, 2.24) is 9.97 Å². The SMILES string of the molecule is Nc1ncc(OCCc2ccccc2)cn1. The first-order valence-corrected chi connectivity index (χ1v) is 5.09. The molecular formula is C12H13N3O. The second-order valence-corrected chi connectivity index (χ2v) is 3.36. The van der Waals surface area contributed by atoms with Gasteiger partial charge in [-0.2, -0.15) is 0 Å². The molecule has 0 amide bonds. The van der Waals surface area contributed by atoms with E-state index in [2.05, 4.69) is 22.1 Å². The Morgan fingerprint density at radius 1 is 1.06 bits per heavy atom. The van der Waals surface area contributed by atoms with E-state index >= 15 is 0 Å². The second-order valence-electron chi connectivity index (χ2n) is 3.36. The van der Waals surface area contributed by atoms with Crippen molar-refractivity contribution in [1.29, 1.82) is 0 Å². The molecule has 0 bridgehead atoms. The summed E-state index contributed by atoms with van der Waals surface area (Å²) in [6.45, 7) is 0.608. The van der Waals surface area contributed by atoms with Gasteiger partial charge in [-0.1, -0.05) is 30.3 Å². The Morgan fingerprint density at radius 2 is 1.75 bits per heavy atom. The first-order chi connectivity index (χ1) is 7.84. The van der Waals surface area contributed by atoms with Crippen molar-refractivity contribution in [2.24, 2.45) is 0 Å². The van der Waals surface area contributed by atoms with Crippen LogP contribution in [0.25, 0.3) is 0 Å². The highest BCUT2D eigenvalue weighted by atomic mass is 16.5. The zero-order valence-electron chi connectivity index (χ0n) is 8.84. The summed E-state index contributed by atoms with van der Waals surface area (Å²) in [5.74, 6) is 0.903. The van der Waals surface area contributed by atoms with E-state index in [9.17, 15) is 0 Å². The molecule has 0 atom stereocenters. The highest BCUT2D eigenvalue weighted by Gasteiger charge is 1.96. The normalized spacial score (nSPS) is 10.0. The van der Waals surface area contributed by atoms with Crippen LogP contribution in [0.4, 0.5) is 5.95 Å². The van der Waals surface area contributed by atoms with E-state index in [1.54, 1.807) is 12.4 Å². The Bertz CT molecular complexity index is 428. The molecule has 4 nitrogen and oxygen atoms in total. The zero-order valence-corrected chi connectivity index (χ0v) is 8.84. The predicted molar refractivity (Wildman–Crippen MR) is 62.1 cm³/mol. The molecule has 82 valence electrons. The molecule has 2 N–H and O–H groups in total. The monoisotopic (exact) mass is 215 g/mol. The van der Waals surface area contributed by atoms with Crippen molar-refractivity contribution in [3.63, 3.8) is 0 Å². The molecule has 0 spiro atoms. The summed E-state index contributed by atoms with van der Waals surface area (Å²) >= 11 is 0. The fourth-order valence-electron chi connectivity index (χ4n) is 1.33. The maximum absolute atomic E-state index is 5.48. The Hall–Kier alpha value is -2.10. The summed E-state index contributed by atoms with van der Waals surface area (Å²) in [5.41, 5.74) is 6.62. The average molecular weight is 215 g/mol. The predicted octanol–water partition coefficient (Wildman–Crippen LogP) is 1.68. The Labute approximate surface area is 94.1 Å². The van der Waals surface area contributed by atoms with Crippen LogP contribution in [0.1, 0.15) is 5.56 Å². The molecule has 0 aliphatic rings. The van der Waals surface area contributed by atoms with Crippen LogP contribution in [-0.4, -0.2) is 16.6 Å². The topological polar surface area (TPSA) is 61.0 Å². The molecule has 1 aromatic heterocycles. The maximum atomic E-state index is 5.48. The lowest BCUT2D eigenvalue weighted by Gasteiger charge is -2.05. The van der Waals surface area contributed by atoms with Gasteiger partial charge in [-0.3, -0.25) is 0 Å². The quantitative estimate of drug-likeness (QED) is 0.842. The molecule has 0 saturated heterocycles. The van der Waals surface area contributed by atoms with Gasteiger partial charge in [0.2, 0.25) is 5.95 Å². The molecular weight excluding hydrogens is 202 g/mol. The molecule has 0 aliphatic heterocycles. The highest BCUT2D eigenvalue weighted by molar-refractivity contribution is 5.21. The molecule has 1 aromatic carbocycles. The lowest BCUT2D eigenvalue weighted by atomic mass is 10.2. The summed E-state index contributed by atoms with van der Waals surface area (Å²) < 4.78 is 5.48. The van der Waals surface area contributed by atoms with Crippen molar-refractivity contribution in [3.8, 4) is 5.75 Å². The number of hydrogen-bond donors (Lipinski definition) is 1. The lowest BCUT2D eigenvalue weighted by Crippen LogP contribution is -2.02. The number of nitrogens with zero attached hydrogens (tertiary/aromatic N) is 2. The summed E-state index contributed by atoms with van der Waals surface area (Å²) in [4.78, 5) is 7.69. The largest absolute Gasteiger partial charge is 0.490 e. The number of rotatable bonds is 4. The molecule has 1 heterocycles. The van der Waals surface area contributed by atoms with E-state index in [0.717, 1.165) is 6.42 Å². The number of benzene rings is 1. The minimum Gasteiger partial charge on any atom is -0.490 e. The summed E-state index contributed by atoms with van der Waals surface area (Å²) in [6.07, 6.45) is 4.02. The van der Waals surface area contributed by atoms with Crippen molar-refractivity contribution < 1.29 is 4.74 Å². The third-order valence-corrected chi connectivity index (χ3v) is 2.15. The van der Waals surface area contributed by atoms with Crippen LogP contribution < -0.4 is 10.5 Å². The molecule has 0 unspecified atom stereocenters. The fraction of sp³-hybridized carbons (Fsp3) is 0.167. The van der Waals surface area contributed by atoms with Crippen molar-refractivity contribution in [2.75, 3.05) is 12.3 Å². The third-order valence-electron chi connectivity index (χ3n) is 2.15. The van der Waals surface area contributed by atoms with Gasteiger partial charge in [-0.15, -0.1) is 0 Å². The van der Waals surface area contributed by atoms with Crippen LogP contribution in [0.15, 0.2) is 42.7 Å². The van der Waals surface area contributed by atoms with Crippen LogP contribution in [0, 0.1) is 0 Å². The number of nitrogen functional groups attached to an aromatic ring is 1. The average Bonchev–Trinajstić information content (AvgIpc) is 2.33. The molecule has 16 heavy (non-hydrogen) atoms. The number of nitrogens with two attached hydrogens (primary N) is 1. The van der Waals surface area contributed by atoms with E-state index in [0.29, 0.717) is 12.4 Å². The van der Waals surface area contributed by atoms with Crippen molar-refractivity contribution >= 4 is 5.95 Å². The summed E-state index contributed by atoms with van der Waals surface area (Å²) in [6, 6.07) is 10.2. The highest BCUT2D eigenvalue weighted by Crippen LogP contribution is 2.07. The van der Waals surface area contributed by atoms with E-state index in [4.69, 9.17) is 10.5 Å². The molecule has 4 heteroatoms. The van der Waals surface area contributed by atoms with Crippen LogP contribution >= 0.6 is 0 Å². The van der Waals surface area contributed by atoms with E-state index in [-0.39, 0.29) is 5.95 Å². The molecule has 0 saturated carbocycles. The van der Waals surface area contributed by atoms with Crippen molar-refractivity contribution in [2.45, 2.75) is 6.42 Å². The number of ether oxygens (including phenoxy) is 1. The van der Waals surface area contributed by atoms with Crippen LogP contribution in [0.5, 0.6) is 5.75 Å². The second kappa shape index (κ2) is 5.11. The number of aromatic nitrogens is 2. The van der Waals surface area contributed by atoms with E-state index < -0.39 is 0 Å². The van der Waals surface area contributed by atoms with Crippen LogP contribution in [-0.2, 0) is 6.42 Å². The van der Waals surface area contributed by atoms with E-state index in [1.807, 2.05) is 18.2 Å². The van der Waals surface area contributed by atoms with Gasteiger partial charge in [-0.25, -0.2) is 9.97 Å². The van der Waals surface area contributed by atoms with Gasteiger partial charge in [-0.05, 0) is 5.56 Å². The lowest BCUT2D eigenvalue weighted by molar-refractivity contribution is 0.319. The van der Waals surface area contributed by atoms with Gasteiger partial charge >= 0.3 is 0 Å². The molecule has 0 fully saturated rings. The van der Waals surface area contributed by atoms with Gasteiger partial charge < -0.3 is 10.5 Å². The van der Waals surface area contributed by atoms with Gasteiger partial charge in [0, 0.05) is 6.42 Å². The fourth-order valence-corrected chi connectivity index (χ4v) is 1.33. The van der Waals surface area contributed by atoms with Gasteiger partial charge in [0.1, 0.15) is 0 Å². The number of anilines is 1. The Morgan fingerprint density at radius 3 is 2.44 bits per heavy atom. The summed E-state index contributed by atoms with van der Waals surface area (Å²) in [7, 11) is 0. The maximum Gasteiger partial charge on any atom is 0.220 e. The van der Waals surface area contributed by atoms with Crippen LogP contribution in [0.3, 0.4) is 0 Å². The van der Waals surface area contributed by atoms with E-state index in [1.165, 1.54) is 5.56 Å². The minimum absolute atomic E-state index is 0.260. The zero-order chi connectivity index (χ0) is 11.2. The smallest absolute Gasteiger partial charge is 0.220 e. The molecule has 2 rings (SSSR count). The Balaban J connectivity index is 1.82. The first kappa shape index (κ1) is 10.4. The molecule has 0 aliphatic carbocycles. The molecule has 2 aromatic rings. The Kier molecular flexibility index (Phi) is 3.33. The van der Waals surface area contributed by atoms with Crippen molar-refractivity contribution in [3.05, 3.63) is 48.3 Å². The van der Waals surface area contributed by atoms with Gasteiger partial charge in [0.25, 0.3) is 0 Å². The number of hydrogen-bond acceptors (Lipinski definition) is 4. The minimum atomic E-state index is 0.260. The third kappa shape index (κ3) is 2.95. The first-order valence-electron chi connectivity index (χ1n) is 5.09. The van der Waals surface area contributed by atoms with Gasteiger partial charge in [0.05, 0.1) is 19.0 Å². The standard InChI is InChI=1S/C12H13N3O/c13-12-14-8-11(9-15-12)16-7-6-10-4-2-1-3-5-10/h1-5,8-9H,6-7H2,(H2,13,14,15). The summed E-state index contributed by atoms with van der Waals surface area (Å²) in [5, 5.41) is 0. The van der Waals surface area contributed by atoms with Crippen LogP contribution in [0.2, 0.25) is 0 Å².